The van der Waals surface area contributed by atoms with Gasteiger partial charge in [0.05, 0.1) is 19.4 Å². The van der Waals surface area contributed by atoms with Gasteiger partial charge in [-0.05, 0) is 14.0 Å². The molecule has 1 saturated heterocycles. The van der Waals surface area contributed by atoms with Crippen LogP contribution in [0, 0.1) is 0 Å². The summed E-state index contributed by atoms with van der Waals surface area (Å²) < 4.78 is 5.04. The minimum atomic E-state index is 0.00463. The van der Waals surface area contributed by atoms with E-state index in [1.165, 1.54) is 0 Å². The standard InChI is InChI=1S/C6H11NO2.2C2H6/c1-5(8)6-3-9-4-7(6)2;2*1-2/h6H,3-4H2,1-2H3;2*1-2H3. The highest BCUT2D eigenvalue weighted by Crippen LogP contribution is 2.05. The van der Waals surface area contributed by atoms with Gasteiger partial charge < -0.3 is 4.74 Å². The Kier molecular flexibility index (Phi) is 11.2. The van der Waals surface area contributed by atoms with E-state index in [1.807, 2.05) is 39.6 Å². The summed E-state index contributed by atoms with van der Waals surface area (Å²) in [6.07, 6.45) is 0. The van der Waals surface area contributed by atoms with E-state index < -0.39 is 0 Å². The zero-order chi connectivity index (χ0) is 10.9. The SMILES string of the molecule is CC.CC.CC(=O)C1COCN1C. The first-order valence-corrected chi connectivity index (χ1v) is 5.00. The summed E-state index contributed by atoms with van der Waals surface area (Å²) in [4.78, 5) is 12.6. The van der Waals surface area contributed by atoms with Crippen molar-refractivity contribution in [3.05, 3.63) is 0 Å². The molecule has 0 bridgehead atoms. The molecule has 1 rings (SSSR count). The molecule has 1 fully saturated rings. The summed E-state index contributed by atoms with van der Waals surface area (Å²) in [6.45, 7) is 10.7. The molecular formula is C10H23NO2. The lowest BCUT2D eigenvalue weighted by atomic mass is 10.2. The van der Waals surface area contributed by atoms with Crippen LogP contribution in [0.15, 0.2) is 0 Å². The Morgan fingerprint density at radius 1 is 1.31 bits per heavy atom. The number of nitrogens with zero attached hydrogens (tertiary/aromatic N) is 1. The number of carbonyl (C=O) groups is 1. The maximum absolute atomic E-state index is 10.7. The van der Waals surface area contributed by atoms with Gasteiger partial charge in [-0.25, -0.2) is 0 Å². The number of hydrogen-bond acceptors (Lipinski definition) is 3. The monoisotopic (exact) mass is 189 g/mol. The van der Waals surface area contributed by atoms with Gasteiger partial charge in [-0.1, -0.05) is 27.7 Å². The number of hydrogen-bond donors (Lipinski definition) is 0. The van der Waals surface area contributed by atoms with Crippen molar-refractivity contribution in [3.8, 4) is 0 Å². The summed E-state index contributed by atoms with van der Waals surface area (Å²) in [5.74, 6) is 0.190. The molecule has 0 saturated carbocycles. The lowest BCUT2D eigenvalue weighted by Crippen LogP contribution is -2.32. The van der Waals surface area contributed by atoms with Crippen LogP contribution < -0.4 is 0 Å². The van der Waals surface area contributed by atoms with Gasteiger partial charge in [0, 0.05) is 0 Å². The van der Waals surface area contributed by atoms with Gasteiger partial charge in [0.15, 0.2) is 0 Å². The minimum Gasteiger partial charge on any atom is -0.364 e. The number of carbonyl (C=O) groups excluding carboxylic acids is 1. The Labute approximate surface area is 82.1 Å². The highest BCUT2D eigenvalue weighted by Gasteiger charge is 2.24. The molecule has 1 atom stereocenters. The molecule has 0 amide bonds. The Morgan fingerprint density at radius 3 is 1.92 bits per heavy atom. The first-order valence-electron chi connectivity index (χ1n) is 5.00. The van der Waals surface area contributed by atoms with Crippen molar-refractivity contribution in [2.45, 2.75) is 40.7 Å². The first kappa shape index (κ1) is 15.1. The molecule has 1 unspecified atom stereocenters. The molecule has 0 aromatic carbocycles. The molecule has 0 spiro atoms. The molecule has 13 heavy (non-hydrogen) atoms. The summed E-state index contributed by atoms with van der Waals surface area (Å²) in [7, 11) is 1.89. The second kappa shape index (κ2) is 9.68. The molecule has 0 aliphatic carbocycles. The van der Waals surface area contributed by atoms with Crippen LogP contribution in [0.25, 0.3) is 0 Å². The average Bonchev–Trinajstić information content (AvgIpc) is 2.58. The second-order valence-electron chi connectivity index (χ2n) is 2.38. The van der Waals surface area contributed by atoms with Crippen LogP contribution in [-0.4, -0.2) is 37.1 Å². The van der Waals surface area contributed by atoms with Gasteiger partial charge in [0.2, 0.25) is 0 Å². The molecule has 1 aliphatic rings. The predicted molar refractivity (Wildman–Crippen MR) is 55.7 cm³/mol. The van der Waals surface area contributed by atoms with E-state index in [2.05, 4.69) is 0 Å². The van der Waals surface area contributed by atoms with Crippen LogP contribution in [0.1, 0.15) is 34.6 Å². The molecule has 0 aromatic rings. The number of ether oxygens (including phenoxy) is 1. The zero-order valence-electron chi connectivity index (χ0n) is 9.76. The number of ketones is 1. The molecule has 0 aromatic heterocycles. The third kappa shape index (κ3) is 5.77. The van der Waals surface area contributed by atoms with Crippen LogP contribution in [0.2, 0.25) is 0 Å². The van der Waals surface area contributed by atoms with Crippen molar-refractivity contribution < 1.29 is 9.53 Å². The fraction of sp³-hybridized carbons (Fsp3) is 0.900. The molecule has 3 heteroatoms. The van der Waals surface area contributed by atoms with E-state index in [4.69, 9.17) is 4.74 Å². The minimum absolute atomic E-state index is 0.00463. The number of rotatable bonds is 1. The van der Waals surface area contributed by atoms with Gasteiger partial charge in [-0.2, -0.15) is 0 Å². The maximum Gasteiger partial charge on any atom is 0.149 e. The molecule has 3 nitrogen and oxygen atoms in total. The van der Waals surface area contributed by atoms with E-state index in [9.17, 15) is 4.79 Å². The summed E-state index contributed by atoms with van der Waals surface area (Å²) in [5.41, 5.74) is 0. The van der Waals surface area contributed by atoms with Gasteiger partial charge in [-0.15, -0.1) is 0 Å². The Hall–Kier alpha value is -0.410. The fourth-order valence-corrected chi connectivity index (χ4v) is 0.953. The van der Waals surface area contributed by atoms with Crippen molar-refractivity contribution in [1.29, 1.82) is 0 Å². The number of Topliss-reactive ketones (excluding diaryl/α,β-unsaturated/α-hetero) is 1. The van der Waals surface area contributed by atoms with Crippen molar-refractivity contribution in [3.63, 3.8) is 0 Å². The Morgan fingerprint density at radius 2 is 1.77 bits per heavy atom. The van der Waals surface area contributed by atoms with Crippen LogP contribution in [0.4, 0.5) is 0 Å². The van der Waals surface area contributed by atoms with Gasteiger partial charge >= 0.3 is 0 Å². The summed E-state index contributed by atoms with van der Waals surface area (Å²) in [5, 5.41) is 0. The largest absolute Gasteiger partial charge is 0.364 e. The zero-order valence-corrected chi connectivity index (χ0v) is 9.76. The maximum atomic E-state index is 10.7. The highest BCUT2D eigenvalue weighted by molar-refractivity contribution is 5.81. The molecule has 0 N–H and O–H groups in total. The van der Waals surface area contributed by atoms with Gasteiger partial charge in [-0.3, -0.25) is 9.69 Å². The predicted octanol–water partition coefficient (Wildman–Crippen LogP) is 1.92. The third-order valence-corrected chi connectivity index (χ3v) is 1.57. The van der Waals surface area contributed by atoms with Gasteiger partial charge in [0.1, 0.15) is 5.78 Å². The molecule has 1 aliphatic heterocycles. The van der Waals surface area contributed by atoms with Gasteiger partial charge in [0.25, 0.3) is 0 Å². The molecular weight excluding hydrogens is 166 g/mol. The quantitative estimate of drug-likeness (QED) is 0.631. The average molecular weight is 189 g/mol. The third-order valence-electron chi connectivity index (χ3n) is 1.57. The summed E-state index contributed by atoms with van der Waals surface area (Å²) in [6, 6.07) is 0.00463. The molecule has 0 radical (unpaired) electrons. The lowest BCUT2D eigenvalue weighted by Gasteiger charge is -2.11. The second-order valence-corrected chi connectivity index (χ2v) is 2.38. The lowest BCUT2D eigenvalue weighted by molar-refractivity contribution is -0.120. The van der Waals surface area contributed by atoms with E-state index in [-0.39, 0.29) is 11.8 Å². The van der Waals surface area contributed by atoms with Crippen molar-refractivity contribution >= 4 is 5.78 Å². The van der Waals surface area contributed by atoms with E-state index in [0.717, 1.165) is 0 Å². The topological polar surface area (TPSA) is 29.5 Å². The highest BCUT2D eigenvalue weighted by atomic mass is 16.5. The fourth-order valence-electron chi connectivity index (χ4n) is 0.953. The normalized spacial score (nSPS) is 20.9. The van der Waals surface area contributed by atoms with Crippen LogP contribution >= 0.6 is 0 Å². The van der Waals surface area contributed by atoms with Crippen molar-refractivity contribution in [1.82, 2.24) is 4.90 Å². The van der Waals surface area contributed by atoms with Crippen LogP contribution in [-0.2, 0) is 9.53 Å². The Balaban J connectivity index is 0. The smallest absolute Gasteiger partial charge is 0.149 e. The van der Waals surface area contributed by atoms with E-state index in [0.29, 0.717) is 13.3 Å². The Bertz CT molecular complexity index is 126. The van der Waals surface area contributed by atoms with E-state index >= 15 is 0 Å². The van der Waals surface area contributed by atoms with Crippen molar-refractivity contribution in [2.24, 2.45) is 0 Å². The van der Waals surface area contributed by atoms with Crippen LogP contribution in [0.5, 0.6) is 0 Å². The first-order chi connectivity index (χ1) is 6.22. The molecule has 1 heterocycles. The molecule has 80 valence electrons. The van der Waals surface area contributed by atoms with E-state index in [1.54, 1.807) is 6.92 Å². The van der Waals surface area contributed by atoms with Crippen molar-refractivity contribution in [2.75, 3.05) is 20.4 Å². The number of likely N-dealkylation sites (N-methyl/N-ethyl adjacent to an activating group) is 1. The van der Waals surface area contributed by atoms with Crippen LogP contribution in [0.3, 0.4) is 0 Å². The summed E-state index contributed by atoms with van der Waals surface area (Å²) >= 11 is 0.